The third kappa shape index (κ3) is 7.36. The Morgan fingerprint density at radius 3 is 2.24 bits per heavy atom. The van der Waals surface area contributed by atoms with Gasteiger partial charge in [-0.25, -0.2) is 8.42 Å². The van der Waals surface area contributed by atoms with Gasteiger partial charge in [0.05, 0.1) is 30.5 Å². The van der Waals surface area contributed by atoms with Gasteiger partial charge in [0.1, 0.15) is 4.90 Å². The largest absolute Gasteiger partial charge is 0.493 e. The molecule has 0 bridgehead atoms. The monoisotopic (exact) mass is 593 g/mol. The molecule has 11 heteroatoms. The van der Waals surface area contributed by atoms with Crippen LogP contribution in [-0.4, -0.2) is 41.0 Å². The van der Waals surface area contributed by atoms with E-state index in [2.05, 4.69) is 15.4 Å². The first-order valence-corrected chi connectivity index (χ1v) is 14.3. The quantitative estimate of drug-likeness (QED) is 0.214. The Balaban J connectivity index is 1.45. The van der Waals surface area contributed by atoms with Gasteiger partial charge in [0, 0.05) is 17.8 Å². The molecule has 0 aliphatic heterocycles. The average molecular weight is 594 g/mol. The zero-order chi connectivity index (χ0) is 29.4. The fraction of sp³-hybridized carbons (Fsp3) is 0.133. The van der Waals surface area contributed by atoms with Gasteiger partial charge in [0.2, 0.25) is 0 Å². The normalized spacial score (nSPS) is 10.9. The maximum atomic E-state index is 13.1. The lowest BCUT2D eigenvalue weighted by atomic mass is 10.1. The second-order valence-electron chi connectivity index (χ2n) is 8.81. The molecule has 3 N–H and O–H groups in total. The number of carbonyl (C=O) groups excluding carboxylic acids is 2. The van der Waals surface area contributed by atoms with Crippen molar-refractivity contribution in [2.75, 3.05) is 30.8 Å². The highest BCUT2D eigenvalue weighted by Crippen LogP contribution is 2.28. The van der Waals surface area contributed by atoms with E-state index in [0.29, 0.717) is 30.2 Å². The van der Waals surface area contributed by atoms with Crippen LogP contribution in [0.3, 0.4) is 0 Å². The van der Waals surface area contributed by atoms with Crippen molar-refractivity contribution in [2.24, 2.45) is 0 Å². The van der Waals surface area contributed by atoms with Crippen LogP contribution < -0.4 is 24.8 Å². The van der Waals surface area contributed by atoms with Crippen LogP contribution in [0.25, 0.3) is 0 Å². The number of amides is 2. The standard InChI is InChI=1S/C30H28ClN3O6S/c1-39-26-15-12-20(18-27(26)40-2)16-17-32-30(36)23-10-6-7-11-25(23)33-29(35)21-13-14-24(31)28(19-21)41(37,38)34-22-8-4-3-5-9-22/h3-15,18-19,34H,16-17H2,1-2H3,(H,32,36)(H,33,35). The number of halogens is 1. The molecule has 0 saturated heterocycles. The number of para-hydroxylation sites is 2. The Hall–Kier alpha value is -4.54. The summed E-state index contributed by atoms with van der Waals surface area (Å²) < 4.78 is 39.0. The number of nitrogens with one attached hydrogen (secondary N) is 3. The van der Waals surface area contributed by atoms with Gasteiger partial charge < -0.3 is 20.1 Å². The van der Waals surface area contributed by atoms with Crippen molar-refractivity contribution < 1.29 is 27.5 Å². The first-order chi connectivity index (χ1) is 19.7. The molecular formula is C30H28ClN3O6S. The third-order valence-corrected chi connectivity index (χ3v) is 7.94. The highest BCUT2D eigenvalue weighted by molar-refractivity contribution is 7.92. The van der Waals surface area contributed by atoms with Crippen LogP contribution in [-0.2, 0) is 16.4 Å². The zero-order valence-electron chi connectivity index (χ0n) is 22.3. The van der Waals surface area contributed by atoms with Gasteiger partial charge in [0.25, 0.3) is 21.8 Å². The smallest absolute Gasteiger partial charge is 0.263 e. The predicted octanol–water partition coefficient (Wildman–Crippen LogP) is 5.38. The summed E-state index contributed by atoms with van der Waals surface area (Å²) in [6.07, 6.45) is 0.541. The Bertz CT molecular complexity index is 1660. The van der Waals surface area contributed by atoms with Gasteiger partial charge in [-0.05, 0) is 66.6 Å². The topological polar surface area (TPSA) is 123 Å². The van der Waals surface area contributed by atoms with Gasteiger partial charge in [0.15, 0.2) is 11.5 Å². The number of methoxy groups -OCH3 is 2. The second kappa shape index (κ2) is 13.2. The number of rotatable bonds is 11. The lowest BCUT2D eigenvalue weighted by molar-refractivity contribution is 0.0955. The molecule has 0 fully saturated rings. The SMILES string of the molecule is COc1ccc(CCNC(=O)c2ccccc2NC(=O)c2ccc(Cl)c(S(=O)(=O)Nc3ccccc3)c2)cc1OC. The van der Waals surface area contributed by atoms with E-state index in [-0.39, 0.29) is 32.6 Å². The first-order valence-electron chi connectivity index (χ1n) is 12.5. The summed E-state index contributed by atoms with van der Waals surface area (Å²) in [6.45, 7) is 0.337. The Kier molecular flexibility index (Phi) is 9.49. The van der Waals surface area contributed by atoms with E-state index in [9.17, 15) is 18.0 Å². The van der Waals surface area contributed by atoms with Crippen LogP contribution in [0.5, 0.6) is 11.5 Å². The molecule has 0 aromatic heterocycles. The van der Waals surface area contributed by atoms with Gasteiger partial charge in [-0.3, -0.25) is 14.3 Å². The Morgan fingerprint density at radius 2 is 1.51 bits per heavy atom. The van der Waals surface area contributed by atoms with E-state index in [4.69, 9.17) is 21.1 Å². The average Bonchev–Trinajstić information content (AvgIpc) is 2.97. The predicted molar refractivity (Wildman–Crippen MR) is 159 cm³/mol. The van der Waals surface area contributed by atoms with E-state index in [1.54, 1.807) is 74.9 Å². The maximum Gasteiger partial charge on any atom is 0.263 e. The number of hydrogen-bond acceptors (Lipinski definition) is 6. The van der Waals surface area contributed by atoms with E-state index in [0.717, 1.165) is 5.56 Å². The van der Waals surface area contributed by atoms with Crippen molar-refractivity contribution in [2.45, 2.75) is 11.3 Å². The molecule has 0 atom stereocenters. The van der Waals surface area contributed by atoms with E-state index in [1.807, 2.05) is 12.1 Å². The molecule has 4 aromatic rings. The van der Waals surface area contributed by atoms with Crippen LogP contribution in [0.15, 0.2) is 95.9 Å². The number of ether oxygens (including phenoxy) is 2. The molecule has 4 aromatic carbocycles. The highest BCUT2D eigenvalue weighted by atomic mass is 35.5. The molecule has 0 radical (unpaired) electrons. The Labute approximate surface area is 243 Å². The van der Waals surface area contributed by atoms with Gasteiger partial charge in [-0.15, -0.1) is 0 Å². The lowest BCUT2D eigenvalue weighted by Crippen LogP contribution is -2.27. The van der Waals surface area contributed by atoms with Crippen LogP contribution in [0, 0.1) is 0 Å². The molecular weight excluding hydrogens is 566 g/mol. The summed E-state index contributed by atoms with van der Waals surface area (Å²) in [6, 6.07) is 24.3. The van der Waals surface area contributed by atoms with Crippen molar-refractivity contribution in [1.29, 1.82) is 0 Å². The van der Waals surface area contributed by atoms with Crippen molar-refractivity contribution >= 4 is 44.8 Å². The molecule has 41 heavy (non-hydrogen) atoms. The summed E-state index contributed by atoms with van der Waals surface area (Å²) in [5.41, 5.74) is 1.86. The summed E-state index contributed by atoms with van der Waals surface area (Å²) in [5.74, 6) is 0.220. The minimum Gasteiger partial charge on any atom is -0.493 e. The molecule has 0 unspecified atom stereocenters. The van der Waals surface area contributed by atoms with Crippen LogP contribution >= 0.6 is 11.6 Å². The van der Waals surface area contributed by atoms with Gasteiger partial charge in [-0.2, -0.15) is 0 Å². The van der Waals surface area contributed by atoms with Crippen molar-refractivity contribution in [1.82, 2.24) is 5.32 Å². The molecule has 9 nitrogen and oxygen atoms in total. The third-order valence-electron chi connectivity index (χ3n) is 6.08. The van der Waals surface area contributed by atoms with E-state index in [1.165, 1.54) is 18.2 Å². The molecule has 0 aliphatic rings. The summed E-state index contributed by atoms with van der Waals surface area (Å²) in [5, 5.41) is 5.52. The Morgan fingerprint density at radius 1 is 0.805 bits per heavy atom. The number of benzene rings is 4. The number of anilines is 2. The second-order valence-corrected chi connectivity index (χ2v) is 10.9. The van der Waals surface area contributed by atoms with Crippen LogP contribution in [0.2, 0.25) is 5.02 Å². The number of hydrogen-bond donors (Lipinski definition) is 3. The van der Waals surface area contributed by atoms with Crippen molar-refractivity contribution in [3.8, 4) is 11.5 Å². The fourth-order valence-corrected chi connectivity index (χ4v) is 5.59. The summed E-state index contributed by atoms with van der Waals surface area (Å²) in [7, 11) is -0.961. The van der Waals surface area contributed by atoms with Crippen LogP contribution in [0.4, 0.5) is 11.4 Å². The van der Waals surface area contributed by atoms with Gasteiger partial charge >= 0.3 is 0 Å². The fourth-order valence-electron chi connectivity index (χ4n) is 4.00. The van der Waals surface area contributed by atoms with Gasteiger partial charge in [-0.1, -0.05) is 48.0 Å². The maximum absolute atomic E-state index is 13.1. The number of sulfonamides is 1. The zero-order valence-corrected chi connectivity index (χ0v) is 23.9. The first kappa shape index (κ1) is 29.4. The van der Waals surface area contributed by atoms with Crippen LogP contribution in [0.1, 0.15) is 26.3 Å². The molecule has 0 aliphatic carbocycles. The molecule has 0 saturated carbocycles. The summed E-state index contributed by atoms with van der Waals surface area (Å²) in [4.78, 5) is 25.9. The highest BCUT2D eigenvalue weighted by Gasteiger charge is 2.21. The number of carbonyl (C=O) groups is 2. The molecule has 0 spiro atoms. The molecule has 2 amide bonds. The molecule has 212 valence electrons. The minimum atomic E-state index is -4.08. The minimum absolute atomic E-state index is 0.0424. The molecule has 0 heterocycles. The molecule has 4 rings (SSSR count). The van der Waals surface area contributed by atoms with E-state index < -0.39 is 15.9 Å². The lowest BCUT2D eigenvalue weighted by Gasteiger charge is -2.13. The van der Waals surface area contributed by atoms with Crippen molar-refractivity contribution in [3.63, 3.8) is 0 Å². The van der Waals surface area contributed by atoms with Crippen molar-refractivity contribution in [3.05, 3.63) is 113 Å². The van der Waals surface area contributed by atoms with E-state index >= 15 is 0 Å². The summed E-state index contributed by atoms with van der Waals surface area (Å²) >= 11 is 6.19.